The van der Waals surface area contributed by atoms with E-state index in [0.717, 1.165) is 69.6 Å². The van der Waals surface area contributed by atoms with E-state index >= 15 is 0 Å². The van der Waals surface area contributed by atoms with Crippen LogP contribution in [0.1, 0.15) is 259 Å². The lowest BCUT2D eigenvalue weighted by atomic mass is 10.0. The summed E-state index contributed by atoms with van der Waals surface area (Å²) in [5, 5.41) is 0. The molecule has 6 nitrogen and oxygen atoms in total. The summed E-state index contributed by atoms with van der Waals surface area (Å²) in [6.45, 7) is 11.3. The van der Waals surface area contributed by atoms with Crippen molar-refractivity contribution in [2.24, 2.45) is 11.8 Å². The van der Waals surface area contributed by atoms with Crippen molar-refractivity contribution in [3.8, 4) is 0 Å². The molecule has 0 spiro atoms. The Balaban J connectivity index is 4.29. The minimum atomic E-state index is -0.761. The number of carbonyl (C=O) groups is 3. The zero-order valence-electron chi connectivity index (χ0n) is 36.8. The number of esters is 3. The van der Waals surface area contributed by atoms with Gasteiger partial charge in [0.05, 0.1) is 0 Å². The third-order valence-corrected chi connectivity index (χ3v) is 10.7. The van der Waals surface area contributed by atoms with E-state index in [1.165, 1.54) is 148 Å². The molecule has 0 heterocycles. The van der Waals surface area contributed by atoms with Crippen LogP contribution in [0.4, 0.5) is 0 Å². The Morgan fingerprint density at radius 1 is 0.352 bits per heavy atom. The average molecular weight is 765 g/mol. The molecule has 0 saturated carbocycles. The Morgan fingerprint density at radius 3 is 0.907 bits per heavy atom. The number of unbranched alkanes of at least 4 members (excludes halogenated alkanes) is 27. The zero-order valence-corrected chi connectivity index (χ0v) is 36.8. The number of hydrogen-bond acceptors (Lipinski definition) is 6. The van der Waals surface area contributed by atoms with Crippen molar-refractivity contribution < 1.29 is 28.6 Å². The molecule has 0 fully saturated rings. The van der Waals surface area contributed by atoms with Crippen molar-refractivity contribution in [2.75, 3.05) is 13.2 Å². The molecule has 0 saturated heterocycles. The molecule has 0 rings (SSSR count). The number of hydrogen-bond donors (Lipinski definition) is 0. The van der Waals surface area contributed by atoms with E-state index in [9.17, 15) is 14.4 Å². The lowest BCUT2D eigenvalue weighted by Gasteiger charge is -2.18. The van der Waals surface area contributed by atoms with Gasteiger partial charge < -0.3 is 14.2 Å². The molecule has 320 valence electrons. The summed E-state index contributed by atoms with van der Waals surface area (Å²) in [7, 11) is 0. The van der Waals surface area contributed by atoms with Gasteiger partial charge in [-0.25, -0.2) is 0 Å². The normalized spacial score (nSPS) is 12.1. The van der Waals surface area contributed by atoms with Crippen molar-refractivity contribution in [1.82, 2.24) is 0 Å². The van der Waals surface area contributed by atoms with Crippen LogP contribution >= 0.6 is 0 Å². The molecule has 0 amide bonds. The Kier molecular flexibility index (Phi) is 39.8. The first-order valence-corrected chi connectivity index (χ1v) is 23.7. The highest BCUT2D eigenvalue weighted by Crippen LogP contribution is 2.17. The zero-order chi connectivity index (χ0) is 39.7. The highest BCUT2D eigenvalue weighted by atomic mass is 16.6. The largest absolute Gasteiger partial charge is 0.462 e. The Bertz CT molecular complexity index is 824. The molecule has 1 atom stereocenters. The van der Waals surface area contributed by atoms with Gasteiger partial charge in [-0.3, -0.25) is 14.4 Å². The molecule has 0 aliphatic carbocycles. The van der Waals surface area contributed by atoms with Gasteiger partial charge in [0.15, 0.2) is 6.10 Å². The van der Waals surface area contributed by atoms with E-state index in [2.05, 4.69) is 34.6 Å². The molecular formula is C48H92O6. The van der Waals surface area contributed by atoms with Gasteiger partial charge in [0, 0.05) is 19.3 Å². The molecule has 0 aliphatic heterocycles. The quantitative estimate of drug-likeness (QED) is 0.0350. The van der Waals surface area contributed by atoms with Gasteiger partial charge in [0.2, 0.25) is 0 Å². The van der Waals surface area contributed by atoms with Gasteiger partial charge in [-0.05, 0) is 31.1 Å². The fourth-order valence-corrected chi connectivity index (χ4v) is 7.11. The van der Waals surface area contributed by atoms with E-state index in [1.807, 2.05) is 0 Å². The van der Waals surface area contributed by atoms with Crippen LogP contribution in [0.5, 0.6) is 0 Å². The van der Waals surface area contributed by atoms with Crippen LogP contribution in [-0.4, -0.2) is 37.2 Å². The molecule has 0 aromatic rings. The minimum Gasteiger partial charge on any atom is -0.462 e. The lowest BCUT2D eigenvalue weighted by molar-refractivity contribution is -0.167. The van der Waals surface area contributed by atoms with E-state index < -0.39 is 6.10 Å². The third-order valence-electron chi connectivity index (χ3n) is 10.7. The van der Waals surface area contributed by atoms with Crippen LogP contribution in [0.15, 0.2) is 0 Å². The van der Waals surface area contributed by atoms with Crippen molar-refractivity contribution in [1.29, 1.82) is 0 Å². The summed E-state index contributed by atoms with van der Waals surface area (Å²) in [5.74, 6) is 0.709. The fraction of sp³-hybridized carbons (Fsp3) is 0.938. The van der Waals surface area contributed by atoms with Crippen molar-refractivity contribution >= 4 is 17.9 Å². The smallest absolute Gasteiger partial charge is 0.306 e. The van der Waals surface area contributed by atoms with E-state index in [-0.39, 0.29) is 31.1 Å². The van der Waals surface area contributed by atoms with Crippen LogP contribution in [0, 0.1) is 11.8 Å². The second-order valence-electron chi connectivity index (χ2n) is 17.3. The van der Waals surface area contributed by atoms with Gasteiger partial charge in [-0.15, -0.1) is 0 Å². The maximum absolute atomic E-state index is 12.7. The van der Waals surface area contributed by atoms with Crippen LogP contribution in [0.3, 0.4) is 0 Å². The van der Waals surface area contributed by atoms with Gasteiger partial charge in [-0.1, -0.05) is 221 Å². The first-order valence-electron chi connectivity index (χ1n) is 23.7. The van der Waals surface area contributed by atoms with Gasteiger partial charge in [0.25, 0.3) is 0 Å². The SMILES string of the molecule is CCCCCCCCCCCCCCCCCC(=O)OC[C@H](COC(=O)CCCCCCCCC(C)C)OC(=O)CCCCCCCCCCCC(C)C. The van der Waals surface area contributed by atoms with E-state index in [1.54, 1.807) is 0 Å². The minimum absolute atomic E-state index is 0.0653. The maximum Gasteiger partial charge on any atom is 0.306 e. The summed E-state index contributed by atoms with van der Waals surface area (Å²) >= 11 is 0. The second-order valence-corrected chi connectivity index (χ2v) is 17.3. The predicted octanol–water partition coefficient (Wildman–Crippen LogP) is 15.0. The molecule has 0 aromatic carbocycles. The van der Waals surface area contributed by atoms with Crippen molar-refractivity contribution in [2.45, 2.75) is 265 Å². The van der Waals surface area contributed by atoms with Crippen LogP contribution < -0.4 is 0 Å². The van der Waals surface area contributed by atoms with Gasteiger partial charge >= 0.3 is 17.9 Å². The lowest BCUT2D eigenvalue weighted by Crippen LogP contribution is -2.30. The highest BCUT2D eigenvalue weighted by Gasteiger charge is 2.19. The molecule has 0 radical (unpaired) electrons. The predicted molar refractivity (Wildman–Crippen MR) is 229 cm³/mol. The average Bonchev–Trinajstić information content (AvgIpc) is 3.14. The fourth-order valence-electron chi connectivity index (χ4n) is 7.11. The molecular weight excluding hydrogens is 673 g/mol. The summed E-state index contributed by atoms with van der Waals surface area (Å²) in [6.07, 6.45) is 39.6. The summed E-state index contributed by atoms with van der Waals surface area (Å²) < 4.78 is 16.7. The second kappa shape index (κ2) is 41.1. The first kappa shape index (κ1) is 52.4. The monoisotopic (exact) mass is 765 g/mol. The standard InChI is InChI=1S/C48H92O6/c1-6-7-8-9-10-11-12-13-14-15-16-19-22-28-33-38-46(49)52-41-45(42-53-47(50)39-34-29-25-24-27-32-37-44(4)5)54-48(51)40-35-30-23-20-17-18-21-26-31-36-43(2)3/h43-45H,6-42H2,1-5H3/t45-/m1/s1. The molecule has 0 bridgehead atoms. The third kappa shape index (κ3) is 41.6. The Morgan fingerprint density at radius 2 is 0.611 bits per heavy atom. The van der Waals surface area contributed by atoms with Crippen LogP contribution in [0.2, 0.25) is 0 Å². The number of rotatable bonds is 42. The van der Waals surface area contributed by atoms with E-state index in [4.69, 9.17) is 14.2 Å². The molecule has 0 aliphatic rings. The van der Waals surface area contributed by atoms with Crippen molar-refractivity contribution in [3.05, 3.63) is 0 Å². The Hall–Kier alpha value is -1.59. The molecule has 0 aromatic heterocycles. The molecule has 54 heavy (non-hydrogen) atoms. The van der Waals surface area contributed by atoms with Crippen molar-refractivity contribution in [3.63, 3.8) is 0 Å². The van der Waals surface area contributed by atoms with E-state index in [0.29, 0.717) is 19.3 Å². The molecule has 0 N–H and O–H groups in total. The summed E-state index contributed by atoms with van der Waals surface area (Å²) in [6, 6.07) is 0. The molecule has 6 heteroatoms. The first-order chi connectivity index (χ1) is 26.2. The topological polar surface area (TPSA) is 78.9 Å². The summed E-state index contributed by atoms with van der Waals surface area (Å²) in [5.41, 5.74) is 0. The molecule has 0 unspecified atom stereocenters. The van der Waals surface area contributed by atoms with Gasteiger partial charge in [-0.2, -0.15) is 0 Å². The number of carbonyl (C=O) groups excluding carboxylic acids is 3. The number of ether oxygens (including phenoxy) is 3. The highest BCUT2D eigenvalue weighted by molar-refractivity contribution is 5.71. The van der Waals surface area contributed by atoms with Crippen LogP contribution in [-0.2, 0) is 28.6 Å². The summed E-state index contributed by atoms with van der Waals surface area (Å²) in [4.78, 5) is 37.7. The van der Waals surface area contributed by atoms with Crippen LogP contribution in [0.25, 0.3) is 0 Å². The Labute approximate surface area is 336 Å². The maximum atomic E-state index is 12.7. The van der Waals surface area contributed by atoms with Gasteiger partial charge in [0.1, 0.15) is 13.2 Å².